The van der Waals surface area contributed by atoms with Crippen LogP contribution in [0, 0.1) is 6.92 Å². The number of hydrogen-bond acceptors (Lipinski definition) is 4. The molecule has 118 valence electrons. The number of nitrogens with one attached hydrogen (secondary N) is 1. The molecule has 0 bridgehead atoms. The van der Waals surface area contributed by atoms with Gasteiger partial charge in [-0.25, -0.2) is 0 Å². The van der Waals surface area contributed by atoms with Crippen LogP contribution in [-0.2, 0) is 4.79 Å². The predicted octanol–water partition coefficient (Wildman–Crippen LogP) is 4.21. The fourth-order valence-electron chi connectivity index (χ4n) is 1.95. The van der Waals surface area contributed by atoms with Crippen LogP contribution in [-0.4, -0.2) is 26.4 Å². The second kappa shape index (κ2) is 7.35. The van der Waals surface area contributed by atoms with E-state index in [1.165, 1.54) is 11.8 Å². The molecule has 2 aromatic rings. The van der Waals surface area contributed by atoms with Gasteiger partial charge in [-0.3, -0.25) is 4.79 Å². The molecule has 0 unspecified atom stereocenters. The molecular formula is C14H16Cl2N4OS. The van der Waals surface area contributed by atoms with E-state index in [9.17, 15) is 4.79 Å². The van der Waals surface area contributed by atoms with Gasteiger partial charge >= 0.3 is 0 Å². The molecule has 0 spiro atoms. The van der Waals surface area contributed by atoms with Crippen molar-refractivity contribution in [2.75, 3.05) is 11.1 Å². The number of amides is 1. The van der Waals surface area contributed by atoms with Gasteiger partial charge in [-0.2, -0.15) is 0 Å². The number of thioether (sulfide) groups is 1. The summed E-state index contributed by atoms with van der Waals surface area (Å²) in [4.78, 5) is 12.0. The molecule has 0 saturated heterocycles. The summed E-state index contributed by atoms with van der Waals surface area (Å²) >= 11 is 13.2. The van der Waals surface area contributed by atoms with Crippen LogP contribution in [0.15, 0.2) is 23.4 Å². The summed E-state index contributed by atoms with van der Waals surface area (Å²) in [7, 11) is 0. The first-order valence-corrected chi connectivity index (χ1v) is 8.42. The van der Waals surface area contributed by atoms with Gasteiger partial charge in [0.2, 0.25) is 5.91 Å². The first-order chi connectivity index (χ1) is 10.4. The van der Waals surface area contributed by atoms with E-state index in [1.807, 2.05) is 25.3 Å². The third-order valence-electron chi connectivity index (χ3n) is 2.89. The highest BCUT2D eigenvalue weighted by Crippen LogP contribution is 2.26. The van der Waals surface area contributed by atoms with Gasteiger partial charge in [0.25, 0.3) is 0 Å². The molecule has 1 N–H and O–H groups in total. The highest BCUT2D eigenvalue weighted by Gasteiger charge is 2.14. The fourth-order valence-corrected chi connectivity index (χ4v) is 3.32. The summed E-state index contributed by atoms with van der Waals surface area (Å²) in [5.41, 5.74) is 0.540. The summed E-state index contributed by atoms with van der Waals surface area (Å²) in [5, 5.41) is 12.6. The van der Waals surface area contributed by atoms with Gasteiger partial charge in [0.05, 0.1) is 16.5 Å². The first-order valence-electron chi connectivity index (χ1n) is 6.67. The molecule has 2 rings (SSSR count). The minimum absolute atomic E-state index is 0.162. The first kappa shape index (κ1) is 17.1. The van der Waals surface area contributed by atoms with Crippen molar-refractivity contribution in [3.63, 3.8) is 0 Å². The molecule has 1 aromatic heterocycles. The van der Waals surface area contributed by atoms with Gasteiger partial charge in [-0.15, -0.1) is 10.2 Å². The van der Waals surface area contributed by atoms with Gasteiger partial charge in [0, 0.05) is 11.1 Å². The molecule has 1 aromatic carbocycles. The van der Waals surface area contributed by atoms with Crippen molar-refractivity contribution in [2.45, 2.75) is 32.0 Å². The summed E-state index contributed by atoms with van der Waals surface area (Å²) in [6, 6.07) is 5.18. The number of aryl methyl sites for hydroxylation is 1. The number of carbonyl (C=O) groups excluding carboxylic acids is 1. The van der Waals surface area contributed by atoms with Crippen LogP contribution in [0.25, 0.3) is 0 Å². The fraction of sp³-hybridized carbons (Fsp3) is 0.357. The van der Waals surface area contributed by atoms with Crippen LogP contribution in [0.1, 0.15) is 25.7 Å². The van der Waals surface area contributed by atoms with Crippen molar-refractivity contribution in [3.8, 4) is 0 Å². The quantitative estimate of drug-likeness (QED) is 0.813. The Balaban J connectivity index is 1.99. The third-order valence-corrected chi connectivity index (χ3v) is 4.38. The molecule has 0 saturated carbocycles. The van der Waals surface area contributed by atoms with E-state index in [1.54, 1.807) is 18.2 Å². The van der Waals surface area contributed by atoms with E-state index in [0.29, 0.717) is 15.7 Å². The van der Waals surface area contributed by atoms with Crippen molar-refractivity contribution < 1.29 is 4.79 Å². The molecule has 0 aliphatic heterocycles. The minimum atomic E-state index is -0.162. The molecule has 5 nitrogen and oxygen atoms in total. The molecule has 0 atom stereocenters. The van der Waals surface area contributed by atoms with Crippen molar-refractivity contribution in [1.29, 1.82) is 0 Å². The molecular weight excluding hydrogens is 343 g/mol. The number of anilines is 1. The number of rotatable bonds is 5. The Morgan fingerprint density at radius 1 is 1.36 bits per heavy atom. The van der Waals surface area contributed by atoms with Gasteiger partial charge in [0.1, 0.15) is 5.82 Å². The van der Waals surface area contributed by atoms with Crippen LogP contribution in [0.4, 0.5) is 5.69 Å². The van der Waals surface area contributed by atoms with E-state index >= 15 is 0 Å². The van der Waals surface area contributed by atoms with Crippen LogP contribution in [0.5, 0.6) is 0 Å². The lowest BCUT2D eigenvalue weighted by Gasteiger charge is -2.12. The molecule has 0 aliphatic rings. The van der Waals surface area contributed by atoms with Crippen LogP contribution in [0.2, 0.25) is 10.0 Å². The maximum absolute atomic E-state index is 12.0. The van der Waals surface area contributed by atoms with Crippen molar-refractivity contribution in [2.24, 2.45) is 0 Å². The Morgan fingerprint density at radius 2 is 2.09 bits per heavy atom. The zero-order chi connectivity index (χ0) is 16.3. The minimum Gasteiger partial charge on any atom is -0.324 e. The highest BCUT2D eigenvalue weighted by atomic mass is 35.5. The van der Waals surface area contributed by atoms with E-state index in [2.05, 4.69) is 15.5 Å². The average molecular weight is 359 g/mol. The summed E-state index contributed by atoms with van der Waals surface area (Å²) in [5.74, 6) is 0.896. The lowest BCUT2D eigenvalue weighted by molar-refractivity contribution is -0.113. The average Bonchev–Trinajstić information content (AvgIpc) is 2.81. The summed E-state index contributed by atoms with van der Waals surface area (Å²) < 4.78 is 1.99. The SMILES string of the molecule is Cc1nnc(SCC(=O)Nc2ccc(Cl)cc2Cl)n1C(C)C. The number of carbonyl (C=O) groups is 1. The number of nitrogens with zero attached hydrogens (tertiary/aromatic N) is 3. The van der Waals surface area contributed by atoms with Gasteiger partial charge < -0.3 is 9.88 Å². The number of hydrogen-bond donors (Lipinski definition) is 1. The smallest absolute Gasteiger partial charge is 0.234 e. The lowest BCUT2D eigenvalue weighted by Crippen LogP contribution is -2.15. The zero-order valence-electron chi connectivity index (χ0n) is 12.4. The Kier molecular flexibility index (Phi) is 5.72. The Morgan fingerprint density at radius 3 is 2.73 bits per heavy atom. The molecule has 22 heavy (non-hydrogen) atoms. The number of halogens is 2. The van der Waals surface area contributed by atoms with E-state index in [0.717, 1.165) is 11.0 Å². The zero-order valence-corrected chi connectivity index (χ0v) is 14.8. The number of benzene rings is 1. The molecule has 0 radical (unpaired) electrons. The molecule has 0 aliphatic carbocycles. The van der Waals surface area contributed by atoms with Gasteiger partial charge in [-0.05, 0) is 39.0 Å². The van der Waals surface area contributed by atoms with E-state index < -0.39 is 0 Å². The molecule has 8 heteroatoms. The maximum Gasteiger partial charge on any atom is 0.234 e. The number of aromatic nitrogens is 3. The Hall–Kier alpha value is -1.24. The van der Waals surface area contributed by atoms with Crippen LogP contribution < -0.4 is 5.32 Å². The van der Waals surface area contributed by atoms with E-state index in [-0.39, 0.29) is 17.7 Å². The van der Waals surface area contributed by atoms with Crippen LogP contribution >= 0.6 is 35.0 Å². The largest absolute Gasteiger partial charge is 0.324 e. The predicted molar refractivity (Wildman–Crippen MR) is 91.0 cm³/mol. The Labute approximate surface area is 143 Å². The second-order valence-corrected chi connectivity index (χ2v) is 6.74. The van der Waals surface area contributed by atoms with Gasteiger partial charge in [0.15, 0.2) is 5.16 Å². The normalized spacial score (nSPS) is 11.0. The van der Waals surface area contributed by atoms with Gasteiger partial charge in [-0.1, -0.05) is 35.0 Å². The lowest BCUT2D eigenvalue weighted by atomic mass is 10.3. The molecule has 1 heterocycles. The van der Waals surface area contributed by atoms with Crippen molar-refractivity contribution >= 4 is 46.6 Å². The summed E-state index contributed by atoms with van der Waals surface area (Å²) in [6.45, 7) is 5.99. The summed E-state index contributed by atoms with van der Waals surface area (Å²) in [6.07, 6.45) is 0. The van der Waals surface area contributed by atoms with Crippen molar-refractivity contribution in [1.82, 2.24) is 14.8 Å². The third kappa shape index (κ3) is 4.15. The van der Waals surface area contributed by atoms with E-state index in [4.69, 9.17) is 23.2 Å². The maximum atomic E-state index is 12.0. The van der Waals surface area contributed by atoms with Crippen molar-refractivity contribution in [3.05, 3.63) is 34.1 Å². The monoisotopic (exact) mass is 358 g/mol. The molecule has 0 fully saturated rings. The molecule has 1 amide bonds. The standard InChI is InChI=1S/C14H16Cl2N4OS/c1-8(2)20-9(3)18-19-14(20)22-7-13(21)17-12-5-4-10(15)6-11(12)16/h4-6,8H,7H2,1-3H3,(H,17,21). The Bertz CT molecular complexity index is 687. The van der Waals surface area contributed by atoms with Crippen LogP contribution in [0.3, 0.4) is 0 Å². The second-order valence-electron chi connectivity index (χ2n) is 4.95. The topological polar surface area (TPSA) is 59.8 Å². The highest BCUT2D eigenvalue weighted by molar-refractivity contribution is 7.99.